The Morgan fingerprint density at radius 1 is 1.00 bits per heavy atom. The molecule has 22 heavy (non-hydrogen) atoms. The van der Waals surface area contributed by atoms with Gasteiger partial charge < -0.3 is 5.43 Å². The molecule has 0 saturated carbocycles. The van der Waals surface area contributed by atoms with Crippen LogP contribution in [-0.2, 0) is 6.42 Å². The zero-order chi connectivity index (χ0) is 15.7. The summed E-state index contributed by atoms with van der Waals surface area (Å²) in [5.41, 5.74) is 9.86. The normalized spacial score (nSPS) is 10.9. The van der Waals surface area contributed by atoms with Crippen molar-refractivity contribution in [3.05, 3.63) is 70.3 Å². The molecule has 0 spiro atoms. The Balaban J connectivity index is 2.08. The quantitative estimate of drug-likeness (QED) is 0.565. The van der Waals surface area contributed by atoms with Crippen LogP contribution in [0.3, 0.4) is 0 Å². The number of nitrogens with zero attached hydrogens (tertiary/aromatic N) is 1. The molecule has 0 amide bonds. The molecule has 3 aromatic rings. The number of hydrogen-bond donors (Lipinski definition) is 2. The molecule has 3 rings (SSSR count). The van der Waals surface area contributed by atoms with Gasteiger partial charge in [0.2, 0.25) is 0 Å². The van der Waals surface area contributed by atoms with Gasteiger partial charge in [0, 0.05) is 17.4 Å². The highest BCUT2D eigenvalue weighted by atomic mass is 15.2. The summed E-state index contributed by atoms with van der Waals surface area (Å²) in [5.74, 6) is 6.45. The average Bonchev–Trinajstić information content (AvgIpc) is 2.53. The van der Waals surface area contributed by atoms with E-state index in [9.17, 15) is 0 Å². The average molecular weight is 291 g/mol. The molecule has 0 atom stereocenters. The number of aromatic nitrogens is 1. The maximum Gasteiger partial charge on any atom is 0.144 e. The van der Waals surface area contributed by atoms with Crippen LogP contribution >= 0.6 is 0 Å². The van der Waals surface area contributed by atoms with Gasteiger partial charge in [0.05, 0.1) is 5.52 Å². The van der Waals surface area contributed by atoms with E-state index >= 15 is 0 Å². The topological polar surface area (TPSA) is 50.9 Å². The van der Waals surface area contributed by atoms with Crippen molar-refractivity contribution in [2.45, 2.75) is 27.2 Å². The Hall–Kier alpha value is -2.39. The van der Waals surface area contributed by atoms with Gasteiger partial charge in [-0.2, -0.15) is 0 Å². The number of hydrazine groups is 1. The molecule has 0 aliphatic rings. The minimum absolute atomic E-state index is 0.752. The summed E-state index contributed by atoms with van der Waals surface area (Å²) < 4.78 is 0. The van der Waals surface area contributed by atoms with E-state index in [1.807, 2.05) is 0 Å². The van der Waals surface area contributed by atoms with Gasteiger partial charge >= 0.3 is 0 Å². The van der Waals surface area contributed by atoms with Gasteiger partial charge in [-0.1, -0.05) is 42.0 Å². The van der Waals surface area contributed by atoms with Gasteiger partial charge in [0.15, 0.2) is 0 Å². The van der Waals surface area contributed by atoms with Gasteiger partial charge in [-0.25, -0.2) is 10.8 Å². The van der Waals surface area contributed by atoms with E-state index in [1.54, 1.807) is 0 Å². The largest absolute Gasteiger partial charge is 0.308 e. The predicted octanol–water partition coefficient (Wildman–Crippen LogP) is 4.04. The number of nitrogens with one attached hydrogen (secondary N) is 1. The third-order valence-corrected chi connectivity index (χ3v) is 4.24. The van der Waals surface area contributed by atoms with Crippen molar-refractivity contribution in [2.24, 2.45) is 5.84 Å². The Labute approximate surface area is 131 Å². The summed E-state index contributed by atoms with van der Waals surface area (Å²) in [4.78, 5) is 4.73. The number of pyridine rings is 1. The van der Waals surface area contributed by atoms with Crippen molar-refractivity contribution in [2.75, 3.05) is 5.43 Å². The molecule has 3 N–H and O–H groups in total. The number of nitrogens with two attached hydrogens (primary N) is 1. The monoisotopic (exact) mass is 291 g/mol. The van der Waals surface area contributed by atoms with Crippen molar-refractivity contribution in [3.8, 4) is 0 Å². The molecule has 3 heteroatoms. The van der Waals surface area contributed by atoms with Crippen LogP contribution in [0.25, 0.3) is 10.9 Å². The molecule has 0 fully saturated rings. The van der Waals surface area contributed by atoms with E-state index in [1.165, 1.54) is 22.3 Å². The predicted molar refractivity (Wildman–Crippen MR) is 93.0 cm³/mol. The Morgan fingerprint density at radius 3 is 2.41 bits per heavy atom. The second-order valence-electron chi connectivity index (χ2n) is 5.88. The van der Waals surface area contributed by atoms with Crippen LogP contribution in [0.1, 0.15) is 27.8 Å². The molecule has 0 aliphatic heterocycles. The Bertz CT molecular complexity index is 820. The molecule has 1 heterocycles. The minimum Gasteiger partial charge on any atom is -0.308 e. The minimum atomic E-state index is 0.752. The molecule has 0 unspecified atom stereocenters. The number of benzene rings is 2. The maximum absolute atomic E-state index is 5.70. The summed E-state index contributed by atoms with van der Waals surface area (Å²) in [6.45, 7) is 6.30. The van der Waals surface area contributed by atoms with Gasteiger partial charge in [-0.05, 0) is 43.5 Å². The van der Waals surface area contributed by atoms with Crippen molar-refractivity contribution in [1.29, 1.82) is 0 Å². The molecular weight excluding hydrogens is 270 g/mol. The zero-order valence-corrected chi connectivity index (χ0v) is 13.3. The van der Waals surface area contributed by atoms with Gasteiger partial charge in [0.1, 0.15) is 5.82 Å². The summed E-state index contributed by atoms with van der Waals surface area (Å²) in [7, 11) is 0. The standard InChI is InChI=1S/C19H21N3/c1-12-4-7-15(8-5-12)10-17-11-16-9-6-13(2)14(3)18(16)21-19(17)22-20/h4-9,11H,10,20H2,1-3H3,(H,21,22). The summed E-state index contributed by atoms with van der Waals surface area (Å²) in [6, 6.07) is 15.0. The van der Waals surface area contributed by atoms with Crippen LogP contribution in [0.4, 0.5) is 5.82 Å². The first-order valence-electron chi connectivity index (χ1n) is 7.50. The van der Waals surface area contributed by atoms with Crippen LogP contribution in [0.5, 0.6) is 0 Å². The van der Waals surface area contributed by atoms with Gasteiger partial charge in [0.25, 0.3) is 0 Å². The first-order chi connectivity index (χ1) is 10.6. The number of anilines is 1. The lowest BCUT2D eigenvalue weighted by molar-refractivity contribution is 1.13. The number of nitrogen functional groups attached to an aromatic ring is 1. The third kappa shape index (κ3) is 2.68. The van der Waals surface area contributed by atoms with E-state index in [0.29, 0.717) is 0 Å². The van der Waals surface area contributed by atoms with Crippen molar-refractivity contribution >= 4 is 16.7 Å². The molecule has 0 saturated heterocycles. The van der Waals surface area contributed by atoms with Crippen LogP contribution in [-0.4, -0.2) is 4.98 Å². The Kier molecular flexibility index (Phi) is 3.82. The molecular formula is C19H21N3. The molecule has 0 aliphatic carbocycles. The van der Waals surface area contributed by atoms with Crippen LogP contribution in [0.15, 0.2) is 42.5 Å². The molecule has 0 bridgehead atoms. The van der Waals surface area contributed by atoms with Gasteiger partial charge in [-0.3, -0.25) is 0 Å². The first kappa shape index (κ1) is 14.5. The molecule has 3 nitrogen and oxygen atoms in total. The van der Waals surface area contributed by atoms with E-state index in [-0.39, 0.29) is 0 Å². The molecule has 112 valence electrons. The second kappa shape index (κ2) is 5.78. The summed E-state index contributed by atoms with van der Waals surface area (Å²) in [6.07, 6.45) is 0.815. The van der Waals surface area contributed by atoms with Crippen LogP contribution in [0.2, 0.25) is 0 Å². The first-order valence-corrected chi connectivity index (χ1v) is 7.50. The fraction of sp³-hybridized carbons (Fsp3) is 0.211. The number of fused-ring (bicyclic) bond motifs is 1. The summed E-state index contributed by atoms with van der Waals surface area (Å²) in [5, 5.41) is 1.16. The van der Waals surface area contributed by atoms with E-state index in [2.05, 4.69) is 68.7 Å². The fourth-order valence-electron chi connectivity index (χ4n) is 2.71. The lowest BCUT2D eigenvalue weighted by atomic mass is 10.00. The van der Waals surface area contributed by atoms with Crippen molar-refractivity contribution in [1.82, 2.24) is 4.98 Å². The van der Waals surface area contributed by atoms with E-state index in [4.69, 9.17) is 10.8 Å². The molecule has 0 radical (unpaired) electrons. The molecule has 1 aromatic heterocycles. The van der Waals surface area contributed by atoms with Crippen LogP contribution < -0.4 is 11.3 Å². The SMILES string of the molecule is Cc1ccc(Cc2cc3ccc(C)c(C)c3nc2NN)cc1. The van der Waals surface area contributed by atoms with Crippen LogP contribution in [0, 0.1) is 20.8 Å². The van der Waals surface area contributed by atoms with E-state index < -0.39 is 0 Å². The maximum atomic E-state index is 5.70. The van der Waals surface area contributed by atoms with E-state index in [0.717, 1.165) is 28.7 Å². The zero-order valence-electron chi connectivity index (χ0n) is 13.3. The Morgan fingerprint density at radius 2 is 1.73 bits per heavy atom. The summed E-state index contributed by atoms with van der Waals surface area (Å²) >= 11 is 0. The third-order valence-electron chi connectivity index (χ3n) is 4.24. The lowest BCUT2D eigenvalue weighted by Crippen LogP contribution is -2.12. The smallest absolute Gasteiger partial charge is 0.144 e. The van der Waals surface area contributed by atoms with Gasteiger partial charge in [-0.15, -0.1) is 0 Å². The highest BCUT2D eigenvalue weighted by molar-refractivity contribution is 5.85. The molecule has 2 aromatic carbocycles. The number of hydrogen-bond acceptors (Lipinski definition) is 3. The highest BCUT2D eigenvalue weighted by Crippen LogP contribution is 2.26. The number of aryl methyl sites for hydroxylation is 3. The number of rotatable bonds is 3. The van der Waals surface area contributed by atoms with Crippen molar-refractivity contribution in [3.63, 3.8) is 0 Å². The second-order valence-corrected chi connectivity index (χ2v) is 5.88. The van der Waals surface area contributed by atoms with Crippen molar-refractivity contribution < 1.29 is 0 Å². The lowest BCUT2D eigenvalue weighted by Gasteiger charge is -2.12. The highest BCUT2D eigenvalue weighted by Gasteiger charge is 2.09. The fourth-order valence-corrected chi connectivity index (χ4v) is 2.71.